The summed E-state index contributed by atoms with van der Waals surface area (Å²) in [5.41, 5.74) is 1.14. The van der Waals surface area contributed by atoms with Crippen LogP contribution in [-0.4, -0.2) is 48.8 Å². The highest BCUT2D eigenvalue weighted by molar-refractivity contribution is 7.99. The number of carbonyl (C=O) groups is 1. The minimum atomic E-state index is -0.374. The number of hydrogen-bond acceptors (Lipinski definition) is 7. The van der Waals surface area contributed by atoms with Crippen LogP contribution in [0.2, 0.25) is 0 Å². The molecule has 8 nitrogen and oxygen atoms in total. The van der Waals surface area contributed by atoms with Crippen LogP contribution in [0.25, 0.3) is 0 Å². The van der Waals surface area contributed by atoms with E-state index in [2.05, 4.69) is 25.4 Å². The number of esters is 1. The van der Waals surface area contributed by atoms with Crippen molar-refractivity contribution < 1.29 is 9.53 Å². The smallest absolute Gasteiger partial charge is 0.327 e. The molecule has 19 heavy (non-hydrogen) atoms. The molecule has 0 N–H and O–H groups in total. The highest BCUT2D eigenvalue weighted by Gasteiger charge is 2.11. The van der Waals surface area contributed by atoms with E-state index in [0.717, 1.165) is 17.9 Å². The zero-order valence-electron chi connectivity index (χ0n) is 10.7. The molecule has 0 saturated heterocycles. The average Bonchev–Trinajstić information content (AvgIpc) is 3.00. The van der Waals surface area contributed by atoms with Crippen molar-refractivity contribution in [2.45, 2.75) is 18.1 Å². The van der Waals surface area contributed by atoms with Gasteiger partial charge in [0, 0.05) is 24.7 Å². The number of aromatic nitrogens is 6. The second-order valence-electron chi connectivity index (χ2n) is 3.74. The third kappa shape index (κ3) is 3.53. The van der Waals surface area contributed by atoms with Crippen molar-refractivity contribution in [1.82, 2.24) is 30.0 Å². The monoisotopic (exact) mass is 282 g/mol. The van der Waals surface area contributed by atoms with E-state index in [4.69, 9.17) is 0 Å². The van der Waals surface area contributed by atoms with E-state index in [-0.39, 0.29) is 12.5 Å². The van der Waals surface area contributed by atoms with E-state index >= 15 is 0 Å². The molecule has 102 valence electrons. The van der Waals surface area contributed by atoms with Crippen molar-refractivity contribution >= 4 is 17.7 Å². The van der Waals surface area contributed by atoms with E-state index < -0.39 is 0 Å². The van der Waals surface area contributed by atoms with Crippen LogP contribution in [0.3, 0.4) is 0 Å². The minimum absolute atomic E-state index is 0.0253. The minimum Gasteiger partial charge on any atom is -0.468 e. The molecule has 0 aromatic carbocycles. The maximum atomic E-state index is 11.2. The number of nitrogens with zero attached hydrogens (tertiary/aromatic N) is 6. The number of carbonyl (C=O) groups excluding carboxylic acids is 1. The Hall–Kier alpha value is -1.90. The first kappa shape index (κ1) is 13.5. The molecule has 0 aliphatic rings. The van der Waals surface area contributed by atoms with Gasteiger partial charge in [0.2, 0.25) is 5.16 Å². The van der Waals surface area contributed by atoms with Gasteiger partial charge in [-0.05, 0) is 22.9 Å². The molecular formula is C10H14N6O2S. The van der Waals surface area contributed by atoms with Crippen molar-refractivity contribution in [1.29, 1.82) is 0 Å². The van der Waals surface area contributed by atoms with Gasteiger partial charge in [0.25, 0.3) is 0 Å². The molecule has 2 aromatic heterocycles. The fourth-order valence-corrected chi connectivity index (χ4v) is 2.32. The highest BCUT2D eigenvalue weighted by atomic mass is 32.2. The summed E-state index contributed by atoms with van der Waals surface area (Å²) in [5, 5.41) is 15.9. The zero-order chi connectivity index (χ0) is 13.7. The van der Waals surface area contributed by atoms with Crippen LogP contribution in [-0.2, 0) is 29.5 Å². The molecule has 0 bridgehead atoms. The number of thioether (sulfide) groups is 1. The van der Waals surface area contributed by atoms with Gasteiger partial charge in [-0.25, -0.2) is 4.68 Å². The van der Waals surface area contributed by atoms with Gasteiger partial charge in [-0.1, -0.05) is 11.8 Å². The van der Waals surface area contributed by atoms with Gasteiger partial charge in [-0.3, -0.25) is 9.48 Å². The van der Waals surface area contributed by atoms with E-state index in [1.54, 1.807) is 6.20 Å². The molecule has 2 aromatic rings. The van der Waals surface area contributed by atoms with Crippen LogP contribution in [0.1, 0.15) is 5.69 Å². The normalized spacial score (nSPS) is 10.6. The molecule has 0 unspecified atom stereocenters. The Balaban J connectivity index is 1.88. The lowest BCUT2D eigenvalue weighted by atomic mass is 10.3. The third-order valence-electron chi connectivity index (χ3n) is 2.52. The van der Waals surface area contributed by atoms with E-state index in [9.17, 15) is 4.79 Å². The van der Waals surface area contributed by atoms with Crippen LogP contribution in [0.4, 0.5) is 0 Å². The maximum absolute atomic E-state index is 11.2. The lowest BCUT2D eigenvalue weighted by molar-refractivity contribution is -0.141. The van der Waals surface area contributed by atoms with Gasteiger partial charge in [-0.15, -0.1) is 5.10 Å². The average molecular weight is 282 g/mol. The quantitative estimate of drug-likeness (QED) is 0.540. The first-order chi connectivity index (χ1) is 9.20. The zero-order valence-corrected chi connectivity index (χ0v) is 11.5. The lowest BCUT2D eigenvalue weighted by Crippen LogP contribution is -2.14. The summed E-state index contributed by atoms with van der Waals surface area (Å²) >= 11 is 1.49. The van der Waals surface area contributed by atoms with E-state index in [0.29, 0.717) is 5.16 Å². The SMILES string of the molecule is COC(=O)Cn1nnnc1SCCc1ccnn1C. The first-order valence-corrected chi connectivity index (χ1v) is 6.62. The summed E-state index contributed by atoms with van der Waals surface area (Å²) in [4.78, 5) is 11.2. The second-order valence-corrected chi connectivity index (χ2v) is 4.80. The highest BCUT2D eigenvalue weighted by Crippen LogP contribution is 2.15. The summed E-state index contributed by atoms with van der Waals surface area (Å²) in [6.45, 7) is 0.0253. The molecule has 0 spiro atoms. The Labute approximate surface area is 114 Å². The van der Waals surface area contributed by atoms with Crippen molar-refractivity contribution in [3.63, 3.8) is 0 Å². The van der Waals surface area contributed by atoms with Crippen molar-refractivity contribution in [2.24, 2.45) is 7.05 Å². The largest absolute Gasteiger partial charge is 0.468 e. The van der Waals surface area contributed by atoms with Crippen LogP contribution < -0.4 is 0 Å². The molecule has 0 radical (unpaired) electrons. The first-order valence-electron chi connectivity index (χ1n) is 5.63. The molecule has 9 heteroatoms. The van der Waals surface area contributed by atoms with Gasteiger partial charge in [0.05, 0.1) is 7.11 Å². The fraction of sp³-hybridized carbons (Fsp3) is 0.500. The van der Waals surface area contributed by atoms with Gasteiger partial charge in [0.15, 0.2) is 0 Å². The Morgan fingerprint density at radius 2 is 2.37 bits per heavy atom. The van der Waals surface area contributed by atoms with Crippen molar-refractivity contribution in [2.75, 3.05) is 12.9 Å². The summed E-state index contributed by atoms with van der Waals surface area (Å²) in [6, 6.07) is 1.97. The second kappa shape index (κ2) is 6.32. The summed E-state index contributed by atoms with van der Waals surface area (Å²) in [7, 11) is 3.24. The predicted octanol–water partition coefficient (Wildman–Crippen LogP) is -0.0856. The number of rotatable bonds is 6. The Morgan fingerprint density at radius 1 is 1.53 bits per heavy atom. The Kier molecular flexibility index (Phi) is 4.50. The lowest BCUT2D eigenvalue weighted by Gasteiger charge is -2.03. The summed E-state index contributed by atoms with van der Waals surface area (Å²) in [6.07, 6.45) is 2.62. The molecule has 0 aliphatic carbocycles. The van der Waals surface area contributed by atoms with Crippen molar-refractivity contribution in [3.8, 4) is 0 Å². The summed E-state index contributed by atoms with van der Waals surface area (Å²) < 4.78 is 7.84. The van der Waals surface area contributed by atoms with Crippen molar-refractivity contribution in [3.05, 3.63) is 18.0 Å². The maximum Gasteiger partial charge on any atom is 0.327 e. The molecule has 2 heterocycles. The third-order valence-corrected chi connectivity index (χ3v) is 3.48. The van der Waals surface area contributed by atoms with Gasteiger partial charge in [-0.2, -0.15) is 5.10 Å². The van der Waals surface area contributed by atoms with Crippen LogP contribution in [0.15, 0.2) is 17.4 Å². The fourth-order valence-electron chi connectivity index (χ4n) is 1.48. The van der Waals surface area contributed by atoms with Gasteiger partial charge < -0.3 is 4.74 Å². The van der Waals surface area contributed by atoms with E-state index in [1.165, 1.54) is 23.6 Å². The molecule has 0 amide bonds. The van der Waals surface area contributed by atoms with Gasteiger partial charge >= 0.3 is 5.97 Å². The molecule has 0 saturated carbocycles. The number of ether oxygens (including phenoxy) is 1. The number of methoxy groups -OCH3 is 1. The van der Waals surface area contributed by atoms with Crippen LogP contribution in [0, 0.1) is 0 Å². The Morgan fingerprint density at radius 3 is 3.05 bits per heavy atom. The number of hydrogen-bond donors (Lipinski definition) is 0. The van der Waals surface area contributed by atoms with Gasteiger partial charge in [0.1, 0.15) is 6.54 Å². The van der Waals surface area contributed by atoms with Crippen LogP contribution in [0.5, 0.6) is 0 Å². The number of aryl methyl sites for hydroxylation is 2. The predicted molar refractivity (Wildman–Crippen MR) is 67.5 cm³/mol. The molecular weight excluding hydrogens is 268 g/mol. The molecule has 2 rings (SSSR count). The number of tetrazole rings is 1. The topological polar surface area (TPSA) is 87.7 Å². The molecule has 0 atom stereocenters. The van der Waals surface area contributed by atoms with Crippen LogP contribution >= 0.6 is 11.8 Å². The van der Waals surface area contributed by atoms with E-state index in [1.807, 2.05) is 17.8 Å². The summed E-state index contributed by atoms with van der Waals surface area (Å²) in [5.74, 6) is 0.432. The molecule has 0 aliphatic heterocycles. The standard InChI is InChI=1S/C10H14N6O2S/c1-15-8(3-5-11-15)4-6-19-10-12-13-14-16(10)7-9(17)18-2/h3,5H,4,6-7H2,1-2H3. The molecule has 0 fully saturated rings. The Bertz CT molecular complexity index is 552.